The minimum absolute atomic E-state index is 0.0155. The summed E-state index contributed by atoms with van der Waals surface area (Å²) in [6, 6.07) is 3.16. The van der Waals surface area contributed by atoms with E-state index in [0.717, 1.165) is 6.20 Å². The molecule has 55 heavy (non-hydrogen) atoms. The smallest absolute Gasteiger partial charge is 0.259 e. The second-order valence-electron chi connectivity index (χ2n) is 15.0. The second kappa shape index (κ2) is 14.9. The van der Waals surface area contributed by atoms with Gasteiger partial charge in [-0.2, -0.15) is 0 Å². The molecule has 7 rings (SSSR count). The Hall–Kier alpha value is -5.06. The van der Waals surface area contributed by atoms with Crippen molar-refractivity contribution >= 4 is 44.7 Å². The number of sulfonamides is 1. The summed E-state index contributed by atoms with van der Waals surface area (Å²) in [6.45, 7) is 3.21. The van der Waals surface area contributed by atoms with Gasteiger partial charge in [0.15, 0.2) is 11.6 Å². The molecule has 3 N–H and O–H groups in total. The van der Waals surface area contributed by atoms with Gasteiger partial charge >= 0.3 is 0 Å². The van der Waals surface area contributed by atoms with Gasteiger partial charge in [-0.1, -0.05) is 38.0 Å². The zero-order chi connectivity index (χ0) is 39.1. The van der Waals surface area contributed by atoms with Crippen molar-refractivity contribution in [3.8, 4) is 5.88 Å². The third-order valence-corrected chi connectivity index (χ3v) is 13.3. The van der Waals surface area contributed by atoms with Crippen LogP contribution >= 0.6 is 0 Å². The van der Waals surface area contributed by atoms with E-state index < -0.39 is 79.7 Å². The highest BCUT2D eigenvalue weighted by molar-refractivity contribution is 7.91. The van der Waals surface area contributed by atoms with Crippen molar-refractivity contribution in [2.75, 3.05) is 6.54 Å². The number of ether oxygens (including phenoxy) is 1. The number of halogens is 2. The zero-order valence-corrected chi connectivity index (χ0v) is 31.3. The summed E-state index contributed by atoms with van der Waals surface area (Å²) in [5, 5.41) is 5.48. The molecule has 0 unspecified atom stereocenters. The molecule has 292 valence electrons. The average molecular weight is 780 g/mol. The van der Waals surface area contributed by atoms with Crippen LogP contribution in [0.5, 0.6) is 5.88 Å². The van der Waals surface area contributed by atoms with Crippen LogP contribution in [0, 0.1) is 17.6 Å². The quantitative estimate of drug-likeness (QED) is 0.286. The topological polar surface area (TPSA) is 190 Å². The number of carbonyl (C=O) groups excluding carboxylic acids is 4. The number of para-hydroxylation sites is 1. The van der Waals surface area contributed by atoms with Gasteiger partial charge in [-0.15, -0.1) is 0 Å². The molecule has 4 heterocycles. The van der Waals surface area contributed by atoms with E-state index in [2.05, 4.69) is 30.3 Å². The Morgan fingerprint density at radius 3 is 2.64 bits per heavy atom. The van der Waals surface area contributed by atoms with Gasteiger partial charge in [0.2, 0.25) is 27.7 Å². The molecule has 0 radical (unpaired) electrons. The van der Waals surface area contributed by atoms with Crippen LogP contribution in [-0.2, 0) is 30.8 Å². The number of nitrogens with zero attached hydrogens (tertiary/aromatic N) is 4. The summed E-state index contributed by atoms with van der Waals surface area (Å²) < 4.78 is 63.1. The molecule has 2 aliphatic heterocycles. The minimum Gasteiger partial charge on any atom is -0.471 e. The first kappa shape index (κ1) is 38.2. The predicted molar refractivity (Wildman–Crippen MR) is 195 cm³/mol. The lowest BCUT2D eigenvalue weighted by Gasteiger charge is -2.30. The fourth-order valence-electron chi connectivity index (χ4n) is 7.29. The summed E-state index contributed by atoms with van der Waals surface area (Å²) in [7, 11) is -4.04. The van der Waals surface area contributed by atoms with E-state index in [-0.39, 0.29) is 42.8 Å². The monoisotopic (exact) mass is 779 g/mol. The standard InChI is InChI=1S/C38H43F2N7O7S/c1-3-27-34(44-31-25(39)11-9-13-28(31)42-27)54-23-18-30-33(49)45-38(36(51)46-55(52,53)37(2)15-16-37)19-22(38)10-7-5-4-6-8-12-29(35(50)47(30)21-23)43-32(48)24-14-17-41-20-26(24)40/h7,9-11,13-14,17,20,22-23,29-30H,3-6,8,12,15-16,18-19,21H2,1-2H3,(H,43,48)(H,45,49)(H,46,51)/b10-7-/t22-,23-,29+,30+,38-/m1/s1. The molecular weight excluding hydrogens is 737 g/mol. The van der Waals surface area contributed by atoms with E-state index in [1.54, 1.807) is 13.0 Å². The Labute approximate surface area is 317 Å². The maximum Gasteiger partial charge on any atom is 0.259 e. The Morgan fingerprint density at radius 2 is 1.89 bits per heavy atom. The fraction of sp³-hybridized carbons (Fsp3) is 0.500. The Morgan fingerprint density at radius 1 is 1.09 bits per heavy atom. The highest BCUT2D eigenvalue weighted by atomic mass is 32.2. The van der Waals surface area contributed by atoms with Gasteiger partial charge in [-0.3, -0.25) is 28.9 Å². The number of amides is 4. The van der Waals surface area contributed by atoms with Gasteiger partial charge in [0.25, 0.3) is 11.8 Å². The molecule has 17 heteroatoms. The molecule has 2 saturated carbocycles. The van der Waals surface area contributed by atoms with Crippen LogP contribution in [0.4, 0.5) is 8.78 Å². The molecule has 0 spiro atoms. The van der Waals surface area contributed by atoms with Crippen LogP contribution in [0.2, 0.25) is 0 Å². The van der Waals surface area contributed by atoms with Crippen molar-refractivity contribution in [1.29, 1.82) is 0 Å². The van der Waals surface area contributed by atoms with Crippen molar-refractivity contribution in [3.05, 3.63) is 71.7 Å². The predicted octanol–water partition coefficient (Wildman–Crippen LogP) is 3.41. The SMILES string of the molecule is CCc1nc2cccc(F)c2nc1O[C@@H]1C[C@H]2C(=O)N[C@]3(C(=O)NS(=O)(=O)C4(C)CC4)C[C@H]3/C=C\CCCCC[C@H](NC(=O)c3ccncc3F)C(=O)N2C1. The normalized spacial score (nSPS) is 27.1. The Balaban J connectivity index is 1.21. The lowest BCUT2D eigenvalue weighted by Crippen LogP contribution is -2.58. The van der Waals surface area contributed by atoms with Crippen molar-refractivity contribution in [2.24, 2.45) is 5.92 Å². The number of allylic oxidation sites excluding steroid dienone is 1. The first-order chi connectivity index (χ1) is 26.2. The molecular formula is C38H43F2N7O7S. The molecule has 0 bridgehead atoms. The van der Waals surface area contributed by atoms with Gasteiger partial charge in [0.05, 0.1) is 28.6 Å². The molecule has 14 nitrogen and oxygen atoms in total. The number of fused-ring (bicyclic) bond motifs is 3. The summed E-state index contributed by atoms with van der Waals surface area (Å²) in [5.41, 5.74) is -1.16. The van der Waals surface area contributed by atoms with Gasteiger partial charge in [-0.05, 0) is 70.1 Å². The number of carbonyl (C=O) groups is 4. The maximum absolute atomic E-state index is 14.8. The summed E-state index contributed by atoms with van der Waals surface area (Å²) >= 11 is 0. The summed E-state index contributed by atoms with van der Waals surface area (Å²) in [6.07, 6.45) is 8.91. The number of pyridine rings is 1. The van der Waals surface area contributed by atoms with Crippen LogP contribution < -0.4 is 20.1 Å². The summed E-state index contributed by atoms with van der Waals surface area (Å²) in [4.78, 5) is 70.0. The second-order valence-corrected chi connectivity index (χ2v) is 17.2. The molecule has 1 aromatic carbocycles. The number of hydrogen-bond donors (Lipinski definition) is 3. The third kappa shape index (κ3) is 7.62. The van der Waals surface area contributed by atoms with Gasteiger partial charge in [-0.25, -0.2) is 27.2 Å². The molecule has 3 aromatic rings. The van der Waals surface area contributed by atoms with Crippen LogP contribution in [0.3, 0.4) is 0 Å². The van der Waals surface area contributed by atoms with Crippen molar-refractivity contribution in [2.45, 2.75) is 107 Å². The van der Waals surface area contributed by atoms with E-state index in [1.807, 2.05) is 19.1 Å². The first-order valence-corrected chi connectivity index (χ1v) is 20.1. The number of benzene rings is 1. The van der Waals surface area contributed by atoms with Crippen LogP contribution in [-0.4, -0.2) is 86.9 Å². The van der Waals surface area contributed by atoms with Crippen LogP contribution in [0.15, 0.2) is 48.8 Å². The number of hydrogen-bond acceptors (Lipinski definition) is 10. The highest BCUT2D eigenvalue weighted by Gasteiger charge is 2.63. The van der Waals surface area contributed by atoms with Crippen molar-refractivity contribution in [3.63, 3.8) is 0 Å². The minimum atomic E-state index is -4.04. The third-order valence-electron chi connectivity index (χ3n) is 11.1. The molecule has 4 amide bonds. The molecule has 3 fully saturated rings. The maximum atomic E-state index is 14.8. The Bertz CT molecular complexity index is 2180. The molecule has 4 aliphatic rings. The fourth-order valence-corrected chi connectivity index (χ4v) is 8.60. The lowest BCUT2D eigenvalue weighted by atomic mass is 10.0. The van der Waals surface area contributed by atoms with Gasteiger partial charge in [0.1, 0.15) is 34.9 Å². The molecule has 5 atom stereocenters. The van der Waals surface area contributed by atoms with Crippen LogP contribution in [0.1, 0.15) is 87.7 Å². The summed E-state index contributed by atoms with van der Waals surface area (Å²) in [5.74, 6) is -5.01. The largest absolute Gasteiger partial charge is 0.471 e. The Kier molecular flexibility index (Phi) is 10.3. The van der Waals surface area contributed by atoms with E-state index in [4.69, 9.17) is 4.74 Å². The average Bonchev–Trinajstić information content (AvgIpc) is 4.03. The lowest BCUT2D eigenvalue weighted by molar-refractivity contribution is -0.141. The van der Waals surface area contributed by atoms with Crippen molar-refractivity contribution < 1.29 is 41.1 Å². The van der Waals surface area contributed by atoms with E-state index >= 15 is 0 Å². The first-order valence-electron chi connectivity index (χ1n) is 18.6. The van der Waals surface area contributed by atoms with Gasteiger partial charge < -0.3 is 20.3 Å². The number of aromatic nitrogens is 3. The molecule has 2 aliphatic carbocycles. The van der Waals surface area contributed by atoms with Crippen molar-refractivity contribution in [1.82, 2.24) is 35.2 Å². The number of rotatable bonds is 8. The highest BCUT2D eigenvalue weighted by Crippen LogP contribution is 2.47. The number of nitrogens with one attached hydrogen (secondary N) is 3. The number of aryl methyl sites for hydroxylation is 1. The molecule has 1 saturated heterocycles. The zero-order valence-electron chi connectivity index (χ0n) is 30.5. The van der Waals surface area contributed by atoms with E-state index in [0.29, 0.717) is 56.2 Å². The molecule has 2 aromatic heterocycles. The van der Waals surface area contributed by atoms with Gasteiger partial charge in [0, 0.05) is 18.5 Å². The van der Waals surface area contributed by atoms with Crippen LogP contribution in [0.25, 0.3) is 11.0 Å². The van der Waals surface area contributed by atoms with E-state index in [9.17, 15) is 36.4 Å². The van der Waals surface area contributed by atoms with E-state index in [1.165, 1.54) is 29.3 Å².